The molecule has 0 N–H and O–H groups in total. The molecule has 3 rings (SSSR count). The third-order valence-corrected chi connectivity index (χ3v) is 5.12. The normalized spacial score (nSPS) is 17.3. The van der Waals surface area contributed by atoms with E-state index in [9.17, 15) is 9.59 Å². The average molecular weight is 384 g/mol. The van der Waals surface area contributed by atoms with Crippen molar-refractivity contribution in [3.63, 3.8) is 0 Å². The van der Waals surface area contributed by atoms with Gasteiger partial charge < -0.3 is 0 Å². The van der Waals surface area contributed by atoms with Crippen molar-refractivity contribution in [2.75, 3.05) is 0 Å². The monoisotopic (exact) mass is 383 g/mol. The van der Waals surface area contributed by atoms with Crippen LogP contribution in [-0.4, -0.2) is 16.6 Å². The van der Waals surface area contributed by atoms with Crippen LogP contribution in [0.3, 0.4) is 0 Å². The van der Waals surface area contributed by atoms with Gasteiger partial charge in [0, 0.05) is 22.7 Å². The second-order valence-electron chi connectivity index (χ2n) is 6.29. The number of allylic oxidation sites excluding steroid dienone is 2. The number of ketones is 2. The van der Waals surface area contributed by atoms with Crippen molar-refractivity contribution in [3.8, 4) is 0 Å². The van der Waals surface area contributed by atoms with E-state index < -0.39 is 5.92 Å². The van der Waals surface area contributed by atoms with Crippen LogP contribution in [0.2, 0.25) is 0 Å². The molecule has 0 radical (unpaired) electrons. The maximum atomic E-state index is 12.9. The van der Waals surface area contributed by atoms with Gasteiger partial charge in [-0.2, -0.15) is 0 Å². The fraction of sp³-hybridized carbons (Fsp3) is 0.250. The Bertz CT molecular complexity index is 860. The molecule has 0 saturated heterocycles. The highest BCUT2D eigenvalue weighted by Gasteiger charge is 2.37. The van der Waals surface area contributed by atoms with Crippen molar-refractivity contribution in [1.82, 2.24) is 4.98 Å². The summed E-state index contributed by atoms with van der Waals surface area (Å²) >= 11 is 3.44. The van der Waals surface area contributed by atoms with Crippen molar-refractivity contribution in [2.24, 2.45) is 0 Å². The molecule has 1 heterocycles. The zero-order valence-corrected chi connectivity index (χ0v) is 15.5. The van der Waals surface area contributed by atoms with E-state index >= 15 is 0 Å². The number of hydrogen-bond donors (Lipinski definition) is 0. The molecule has 0 bridgehead atoms. The van der Waals surface area contributed by atoms with Gasteiger partial charge in [-0.05, 0) is 71.6 Å². The van der Waals surface area contributed by atoms with Crippen molar-refractivity contribution < 1.29 is 9.59 Å². The van der Waals surface area contributed by atoms with Crippen molar-refractivity contribution in [2.45, 2.75) is 33.1 Å². The van der Waals surface area contributed by atoms with Gasteiger partial charge in [0.05, 0.1) is 5.69 Å². The first-order valence-electron chi connectivity index (χ1n) is 7.84. The molecule has 0 saturated carbocycles. The first kappa shape index (κ1) is 16.8. The maximum absolute atomic E-state index is 12.9. The number of rotatable bonds is 3. The number of benzene rings is 1. The van der Waals surface area contributed by atoms with Crippen molar-refractivity contribution in [1.29, 1.82) is 0 Å². The lowest BCUT2D eigenvalue weighted by molar-refractivity contribution is -0.122. The SMILES string of the molecule is Cc1cc(C)c(C2C(=O)C=C(Cc3ncccc3Br)C2=O)c(C)c1. The summed E-state index contributed by atoms with van der Waals surface area (Å²) in [5.41, 5.74) is 5.27. The van der Waals surface area contributed by atoms with Gasteiger partial charge >= 0.3 is 0 Å². The molecule has 122 valence electrons. The summed E-state index contributed by atoms with van der Waals surface area (Å²) in [7, 11) is 0. The summed E-state index contributed by atoms with van der Waals surface area (Å²) in [4.78, 5) is 29.7. The predicted octanol–water partition coefficient (Wildman–Crippen LogP) is 4.17. The minimum atomic E-state index is -0.705. The molecule has 1 unspecified atom stereocenters. The molecule has 3 nitrogen and oxygen atoms in total. The van der Waals surface area contributed by atoms with Gasteiger partial charge in [-0.1, -0.05) is 17.7 Å². The summed E-state index contributed by atoms with van der Waals surface area (Å²) in [5, 5.41) is 0. The molecule has 0 amide bonds. The standard InChI is InChI=1S/C20H18BrNO2/c1-11-7-12(2)18(13(3)8-11)19-17(23)10-14(20(19)24)9-16-15(21)5-4-6-22-16/h4-8,10,19H,9H2,1-3H3. The smallest absolute Gasteiger partial charge is 0.174 e. The number of nitrogens with zero attached hydrogens (tertiary/aromatic N) is 1. The highest BCUT2D eigenvalue weighted by atomic mass is 79.9. The molecule has 0 spiro atoms. The number of aromatic nitrogens is 1. The van der Waals surface area contributed by atoms with Crippen LogP contribution in [0, 0.1) is 20.8 Å². The molecular formula is C20H18BrNO2. The lowest BCUT2D eigenvalue weighted by atomic mass is 9.85. The van der Waals surface area contributed by atoms with Gasteiger partial charge in [0.25, 0.3) is 0 Å². The molecule has 24 heavy (non-hydrogen) atoms. The van der Waals surface area contributed by atoms with Gasteiger partial charge in [0.15, 0.2) is 11.6 Å². The predicted molar refractivity (Wildman–Crippen MR) is 97.1 cm³/mol. The molecule has 4 heteroatoms. The first-order valence-corrected chi connectivity index (χ1v) is 8.63. The first-order chi connectivity index (χ1) is 11.4. The number of pyridine rings is 1. The fourth-order valence-corrected chi connectivity index (χ4v) is 3.82. The Morgan fingerprint density at radius 3 is 2.42 bits per heavy atom. The summed E-state index contributed by atoms with van der Waals surface area (Å²) < 4.78 is 0.845. The van der Waals surface area contributed by atoms with Crippen LogP contribution >= 0.6 is 15.9 Å². The highest BCUT2D eigenvalue weighted by Crippen LogP contribution is 2.34. The molecule has 1 atom stereocenters. The molecular weight excluding hydrogens is 366 g/mol. The van der Waals surface area contributed by atoms with E-state index in [-0.39, 0.29) is 11.6 Å². The maximum Gasteiger partial charge on any atom is 0.174 e. The van der Waals surface area contributed by atoms with E-state index in [1.165, 1.54) is 6.08 Å². The van der Waals surface area contributed by atoms with E-state index in [2.05, 4.69) is 20.9 Å². The Hall–Kier alpha value is -2.07. The Labute approximate surface area is 149 Å². The van der Waals surface area contributed by atoms with Crippen LogP contribution in [0.25, 0.3) is 0 Å². The molecule has 2 aromatic rings. The van der Waals surface area contributed by atoms with E-state index in [0.717, 1.165) is 32.4 Å². The summed E-state index contributed by atoms with van der Waals surface area (Å²) in [6.45, 7) is 5.94. The van der Waals surface area contributed by atoms with Crippen molar-refractivity contribution >= 4 is 27.5 Å². The van der Waals surface area contributed by atoms with Gasteiger partial charge in [-0.25, -0.2) is 0 Å². The largest absolute Gasteiger partial charge is 0.294 e. The van der Waals surface area contributed by atoms with Gasteiger partial charge in [0.2, 0.25) is 0 Å². The number of carbonyl (C=O) groups is 2. The summed E-state index contributed by atoms with van der Waals surface area (Å²) in [6, 6.07) is 7.76. The Morgan fingerprint density at radius 2 is 1.79 bits per heavy atom. The Balaban J connectivity index is 1.95. The zero-order chi connectivity index (χ0) is 17.4. The lowest BCUT2D eigenvalue weighted by Crippen LogP contribution is -2.18. The minimum Gasteiger partial charge on any atom is -0.294 e. The Kier molecular flexibility index (Phi) is 4.50. The molecule has 1 aromatic carbocycles. The number of Topliss-reactive ketones (excluding diaryl/α,β-unsaturated/α-hetero) is 1. The van der Waals surface area contributed by atoms with E-state index in [4.69, 9.17) is 0 Å². The molecule has 0 aliphatic heterocycles. The van der Waals surface area contributed by atoms with Crippen LogP contribution in [0.1, 0.15) is 33.9 Å². The van der Waals surface area contributed by atoms with E-state index in [1.807, 2.05) is 45.0 Å². The molecule has 0 fully saturated rings. The molecule has 1 aliphatic carbocycles. The van der Waals surface area contributed by atoms with Gasteiger partial charge in [0.1, 0.15) is 5.92 Å². The van der Waals surface area contributed by atoms with Crippen LogP contribution in [0.15, 0.2) is 46.6 Å². The lowest BCUT2D eigenvalue weighted by Gasteiger charge is -2.16. The topological polar surface area (TPSA) is 47.0 Å². The second kappa shape index (κ2) is 6.44. The molecule has 1 aromatic heterocycles. The average Bonchev–Trinajstić information content (AvgIpc) is 2.76. The summed E-state index contributed by atoms with van der Waals surface area (Å²) in [6.07, 6.45) is 3.55. The zero-order valence-electron chi connectivity index (χ0n) is 13.9. The number of carbonyl (C=O) groups excluding carboxylic acids is 2. The number of hydrogen-bond acceptors (Lipinski definition) is 3. The second-order valence-corrected chi connectivity index (χ2v) is 7.14. The van der Waals surface area contributed by atoms with Crippen LogP contribution < -0.4 is 0 Å². The number of aryl methyl sites for hydroxylation is 3. The number of halogens is 1. The third kappa shape index (κ3) is 2.98. The Morgan fingerprint density at radius 1 is 1.12 bits per heavy atom. The highest BCUT2D eigenvalue weighted by molar-refractivity contribution is 9.10. The fourth-order valence-electron chi connectivity index (χ4n) is 3.43. The van der Waals surface area contributed by atoms with E-state index in [1.54, 1.807) is 6.20 Å². The molecule has 1 aliphatic rings. The van der Waals surface area contributed by atoms with Crippen LogP contribution in [-0.2, 0) is 16.0 Å². The third-order valence-electron chi connectivity index (χ3n) is 4.40. The van der Waals surface area contributed by atoms with Crippen LogP contribution in [0.4, 0.5) is 0 Å². The van der Waals surface area contributed by atoms with E-state index in [0.29, 0.717) is 12.0 Å². The minimum absolute atomic E-state index is 0.104. The van der Waals surface area contributed by atoms with Crippen molar-refractivity contribution in [3.05, 3.63) is 74.5 Å². The summed E-state index contributed by atoms with van der Waals surface area (Å²) in [5.74, 6) is -0.937. The van der Waals surface area contributed by atoms with Crippen LogP contribution in [0.5, 0.6) is 0 Å². The van der Waals surface area contributed by atoms with Gasteiger partial charge in [-0.3, -0.25) is 14.6 Å². The quantitative estimate of drug-likeness (QED) is 0.747. The van der Waals surface area contributed by atoms with Gasteiger partial charge in [-0.15, -0.1) is 0 Å².